The van der Waals surface area contributed by atoms with E-state index >= 15 is 0 Å². The molecule has 2 aliphatic rings. The molecule has 2 aromatic rings. The largest absolute Gasteiger partial charge is 0.310 e. The molecule has 0 radical (unpaired) electrons. The molecule has 1 heterocycles. The number of hydrogen-bond acceptors (Lipinski definition) is 3. The number of sulfonamides is 1. The number of carbonyl (C=O) groups is 1. The number of benzene rings is 2. The van der Waals surface area contributed by atoms with Gasteiger partial charge in [-0.1, -0.05) is 35.0 Å². The van der Waals surface area contributed by atoms with Gasteiger partial charge in [-0.15, -0.1) is 0 Å². The highest BCUT2D eigenvalue weighted by molar-refractivity contribution is 9.10. The molecule has 2 aromatic carbocycles. The van der Waals surface area contributed by atoms with Crippen LogP contribution in [0.25, 0.3) is 0 Å². The van der Waals surface area contributed by atoms with Gasteiger partial charge < -0.3 is 4.90 Å². The summed E-state index contributed by atoms with van der Waals surface area (Å²) < 4.78 is 29.8. The fraction of sp³-hybridized carbons (Fsp3) is 0.350. The number of aryl methyl sites for hydroxylation is 1. The van der Waals surface area contributed by atoms with Crippen molar-refractivity contribution < 1.29 is 13.2 Å². The van der Waals surface area contributed by atoms with Crippen LogP contribution in [0.3, 0.4) is 0 Å². The number of hydrogen-bond donors (Lipinski definition) is 1. The van der Waals surface area contributed by atoms with Crippen LogP contribution >= 0.6 is 15.9 Å². The Kier molecular flexibility index (Phi) is 4.76. The fourth-order valence-electron chi connectivity index (χ4n) is 3.51. The summed E-state index contributed by atoms with van der Waals surface area (Å²) in [4.78, 5) is 14.5. The number of rotatable bonds is 5. The van der Waals surface area contributed by atoms with Gasteiger partial charge in [0.15, 0.2) is 0 Å². The normalized spacial score (nSPS) is 16.3. The summed E-state index contributed by atoms with van der Waals surface area (Å²) in [6.07, 6.45) is 3.28. The molecule has 1 aliphatic carbocycles. The second kappa shape index (κ2) is 6.95. The highest BCUT2D eigenvalue weighted by atomic mass is 79.9. The number of amides is 1. The second-order valence-corrected chi connectivity index (χ2v) is 9.65. The summed E-state index contributed by atoms with van der Waals surface area (Å²) in [7, 11) is -3.83. The molecular weight excluding hydrogens is 428 g/mol. The van der Waals surface area contributed by atoms with Gasteiger partial charge in [0, 0.05) is 22.6 Å². The highest BCUT2D eigenvalue weighted by Crippen LogP contribution is 2.41. The minimum absolute atomic E-state index is 0.0421. The number of carbonyl (C=O) groups excluding carboxylic acids is 1. The van der Waals surface area contributed by atoms with Crippen molar-refractivity contribution in [2.75, 3.05) is 16.2 Å². The van der Waals surface area contributed by atoms with Crippen LogP contribution in [0.5, 0.6) is 0 Å². The Morgan fingerprint density at radius 1 is 1.26 bits per heavy atom. The molecule has 1 saturated carbocycles. The van der Waals surface area contributed by atoms with Crippen molar-refractivity contribution in [2.45, 2.75) is 37.5 Å². The molecular formula is C20H21BrN2O3S. The molecule has 0 atom stereocenters. The summed E-state index contributed by atoms with van der Waals surface area (Å²) in [5.74, 6) is 0.0878. The summed E-state index contributed by atoms with van der Waals surface area (Å²) >= 11 is 3.42. The van der Waals surface area contributed by atoms with Gasteiger partial charge in [0.2, 0.25) is 5.91 Å². The average molecular weight is 449 g/mol. The Labute approximate surface area is 167 Å². The van der Waals surface area contributed by atoms with Crippen LogP contribution in [0.1, 0.15) is 30.9 Å². The third kappa shape index (κ3) is 3.62. The average Bonchev–Trinajstić information content (AvgIpc) is 3.40. The van der Waals surface area contributed by atoms with E-state index in [0.717, 1.165) is 30.4 Å². The van der Waals surface area contributed by atoms with Crippen molar-refractivity contribution in [3.8, 4) is 0 Å². The van der Waals surface area contributed by atoms with Crippen LogP contribution in [-0.2, 0) is 27.7 Å². The first-order chi connectivity index (χ1) is 12.9. The predicted octanol–water partition coefficient (Wildman–Crippen LogP) is 4.11. The van der Waals surface area contributed by atoms with Gasteiger partial charge in [0.25, 0.3) is 10.0 Å². The number of nitrogens with one attached hydrogen (secondary N) is 1. The van der Waals surface area contributed by atoms with Crippen LogP contribution in [0.15, 0.2) is 45.8 Å². The van der Waals surface area contributed by atoms with Crippen LogP contribution < -0.4 is 9.62 Å². The van der Waals surface area contributed by atoms with E-state index in [-0.39, 0.29) is 16.7 Å². The van der Waals surface area contributed by atoms with E-state index in [1.807, 2.05) is 31.2 Å². The van der Waals surface area contributed by atoms with Crippen LogP contribution in [-0.4, -0.2) is 20.9 Å². The van der Waals surface area contributed by atoms with E-state index in [1.165, 1.54) is 0 Å². The summed E-state index contributed by atoms with van der Waals surface area (Å²) in [6.45, 7) is 2.56. The quantitative estimate of drug-likeness (QED) is 0.747. The molecule has 0 bridgehead atoms. The van der Waals surface area contributed by atoms with Crippen LogP contribution in [0.4, 0.5) is 11.4 Å². The topological polar surface area (TPSA) is 66.5 Å². The van der Waals surface area contributed by atoms with Crippen molar-refractivity contribution >= 4 is 43.2 Å². The van der Waals surface area contributed by atoms with Gasteiger partial charge in [0.05, 0.1) is 5.69 Å². The molecule has 27 heavy (non-hydrogen) atoms. The molecule has 1 N–H and O–H groups in total. The Morgan fingerprint density at radius 3 is 2.74 bits per heavy atom. The number of nitrogens with zero attached hydrogens (tertiary/aromatic N) is 1. The van der Waals surface area contributed by atoms with Gasteiger partial charge >= 0.3 is 0 Å². The number of anilines is 2. The zero-order chi connectivity index (χ0) is 19.2. The lowest BCUT2D eigenvalue weighted by molar-refractivity contribution is -0.119. The summed E-state index contributed by atoms with van der Waals surface area (Å²) in [5, 5.41) is 0. The Bertz CT molecular complexity index is 1020. The lowest BCUT2D eigenvalue weighted by atomic mass is 10.1. The SMILES string of the molecule is CCc1cccc(NS(=O)(=O)c2cc(Br)cc3c2N(C(=O)C2CC2)CC3)c1. The maximum atomic E-state index is 13.2. The molecule has 1 fully saturated rings. The van der Waals surface area contributed by atoms with E-state index in [0.29, 0.717) is 28.8 Å². The van der Waals surface area contributed by atoms with E-state index < -0.39 is 10.0 Å². The molecule has 0 unspecified atom stereocenters. The first-order valence-electron chi connectivity index (χ1n) is 9.14. The monoisotopic (exact) mass is 448 g/mol. The summed E-state index contributed by atoms with van der Waals surface area (Å²) in [5.41, 5.74) is 3.01. The molecule has 142 valence electrons. The van der Waals surface area contributed by atoms with E-state index in [2.05, 4.69) is 20.7 Å². The minimum Gasteiger partial charge on any atom is -0.310 e. The van der Waals surface area contributed by atoms with Crippen molar-refractivity contribution in [3.05, 3.63) is 52.0 Å². The third-order valence-corrected chi connectivity index (χ3v) is 6.92. The maximum absolute atomic E-state index is 13.2. The van der Waals surface area contributed by atoms with Gasteiger partial charge in [-0.3, -0.25) is 9.52 Å². The Balaban J connectivity index is 1.75. The van der Waals surface area contributed by atoms with Crippen LogP contribution in [0, 0.1) is 5.92 Å². The molecule has 7 heteroatoms. The Morgan fingerprint density at radius 2 is 2.04 bits per heavy atom. The molecule has 5 nitrogen and oxygen atoms in total. The summed E-state index contributed by atoms with van der Waals surface area (Å²) in [6, 6.07) is 10.9. The maximum Gasteiger partial charge on any atom is 0.264 e. The zero-order valence-electron chi connectivity index (χ0n) is 15.0. The number of halogens is 1. The van der Waals surface area contributed by atoms with Gasteiger partial charge in [-0.25, -0.2) is 8.42 Å². The first kappa shape index (κ1) is 18.5. The molecule has 4 rings (SSSR count). The lowest BCUT2D eigenvalue weighted by Gasteiger charge is -2.21. The predicted molar refractivity (Wildman–Crippen MR) is 110 cm³/mol. The molecule has 1 amide bonds. The number of fused-ring (bicyclic) bond motifs is 1. The lowest BCUT2D eigenvalue weighted by Crippen LogP contribution is -2.31. The Hall–Kier alpha value is -1.86. The van der Waals surface area contributed by atoms with E-state index in [9.17, 15) is 13.2 Å². The van der Waals surface area contributed by atoms with Crippen molar-refractivity contribution in [2.24, 2.45) is 5.92 Å². The first-order valence-corrected chi connectivity index (χ1v) is 11.4. The van der Waals surface area contributed by atoms with Gasteiger partial charge in [-0.05, 0) is 61.1 Å². The van der Waals surface area contributed by atoms with E-state index in [1.54, 1.807) is 17.0 Å². The smallest absolute Gasteiger partial charge is 0.264 e. The molecule has 0 spiro atoms. The van der Waals surface area contributed by atoms with Crippen molar-refractivity contribution in [3.63, 3.8) is 0 Å². The standard InChI is InChI=1S/C20H21BrN2O3S/c1-2-13-4-3-5-17(10-13)22-27(25,26)18-12-16(21)11-15-8-9-23(19(15)18)20(24)14-6-7-14/h3-5,10-12,14,22H,2,6-9H2,1H3. The van der Waals surface area contributed by atoms with Gasteiger partial charge in [0.1, 0.15) is 4.90 Å². The molecule has 0 saturated heterocycles. The van der Waals surface area contributed by atoms with Crippen molar-refractivity contribution in [1.29, 1.82) is 0 Å². The zero-order valence-corrected chi connectivity index (χ0v) is 17.4. The molecule has 1 aliphatic heterocycles. The van der Waals surface area contributed by atoms with E-state index in [4.69, 9.17) is 0 Å². The minimum atomic E-state index is -3.83. The van der Waals surface area contributed by atoms with Gasteiger partial charge in [-0.2, -0.15) is 0 Å². The fourth-order valence-corrected chi connectivity index (χ4v) is 5.49. The second-order valence-electron chi connectivity index (χ2n) is 7.09. The molecule has 0 aromatic heterocycles. The third-order valence-electron chi connectivity index (χ3n) is 5.06. The van der Waals surface area contributed by atoms with Crippen molar-refractivity contribution in [1.82, 2.24) is 0 Å². The highest BCUT2D eigenvalue weighted by Gasteiger charge is 2.39. The van der Waals surface area contributed by atoms with Crippen LogP contribution in [0.2, 0.25) is 0 Å².